The Bertz CT molecular complexity index is 1240. The highest BCUT2D eigenvalue weighted by molar-refractivity contribution is 6.51. The fourth-order valence-electron chi connectivity index (χ4n) is 4.16. The predicted molar refractivity (Wildman–Crippen MR) is 129 cm³/mol. The Morgan fingerprint density at radius 3 is 2.36 bits per heavy atom. The molecule has 1 heterocycles. The molecule has 1 aliphatic heterocycles. The van der Waals surface area contributed by atoms with Crippen LogP contribution < -0.4 is 9.64 Å². The number of hydrogen-bond donors (Lipinski definition) is 1. The molecule has 1 saturated heterocycles. The molecule has 0 spiro atoms. The van der Waals surface area contributed by atoms with Crippen LogP contribution in [0.4, 0.5) is 5.69 Å². The van der Waals surface area contributed by atoms with Crippen LogP contribution in [-0.4, -0.2) is 22.9 Å². The first-order chi connectivity index (χ1) is 15.8. The Labute approximate surface area is 193 Å². The number of hydrogen-bond acceptors (Lipinski definition) is 4. The maximum Gasteiger partial charge on any atom is 0.300 e. The first-order valence-corrected chi connectivity index (χ1v) is 11.0. The Morgan fingerprint density at radius 1 is 0.939 bits per heavy atom. The summed E-state index contributed by atoms with van der Waals surface area (Å²) in [6, 6.07) is 21.3. The highest BCUT2D eigenvalue weighted by Gasteiger charge is 2.47. The lowest BCUT2D eigenvalue weighted by atomic mass is 9.95. The Hall–Kier alpha value is -3.86. The minimum atomic E-state index is -0.749. The summed E-state index contributed by atoms with van der Waals surface area (Å²) in [5.41, 5.74) is 3.73. The van der Waals surface area contributed by atoms with Crippen molar-refractivity contribution >= 4 is 23.1 Å². The van der Waals surface area contributed by atoms with Gasteiger partial charge in [-0.1, -0.05) is 54.6 Å². The Morgan fingerprint density at radius 2 is 1.67 bits per heavy atom. The number of nitrogens with zero attached hydrogens (tertiary/aromatic N) is 1. The van der Waals surface area contributed by atoms with Crippen molar-refractivity contribution in [2.45, 2.75) is 39.8 Å². The number of ketones is 1. The van der Waals surface area contributed by atoms with Gasteiger partial charge in [0.25, 0.3) is 11.7 Å². The van der Waals surface area contributed by atoms with Gasteiger partial charge in [-0.05, 0) is 62.6 Å². The minimum Gasteiger partial charge on any atom is -0.507 e. The van der Waals surface area contributed by atoms with E-state index >= 15 is 0 Å². The van der Waals surface area contributed by atoms with Gasteiger partial charge in [-0.25, -0.2) is 0 Å². The van der Waals surface area contributed by atoms with Crippen LogP contribution in [0.2, 0.25) is 0 Å². The molecule has 1 N–H and O–H groups in total. The van der Waals surface area contributed by atoms with E-state index in [-0.39, 0.29) is 17.4 Å². The SMILES string of the molecule is Cc1ccc(C)c(N2C(=O)C(=O)/C(=C(/O)c3cccc(OC(C)C)c3)C2c2ccccc2)c1. The van der Waals surface area contributed by atoms with Crippen molar-refractivity contribution < 1.29 is 19.4 Å². The number of carbonyl (C=O) groups is 2. The average Bonchev–Trinajstić information content (AvgIpc) is 3.06. The number of aryl methyl sites for hydroxylation is 2. The van der Waals surface area contributed by atoms with Gasteiger partial charge in [0.1, 0.15) is 11.5 Å². The number of aliphatic hydroxyl groups excluding tert-OH is 1. The number of anilines is 1. The summed E-state index contributed by atoms with van der Waals surface area (Å²) in [6.07, 6.45) is -0.0402. The predicted octanol–water partition coefficient (Wildman–Crippen LogP) is 5.72. The number of amides is 1. The molecule has 1 fully saturated rings. The van der Waals surface area contributed by atoms with E-state index in [1.807, 2.05) is 76.2 Å². The zero-order chi connectivity index (χ0) is 23.7. The van der Waals surface area contributed by atoms with Crippen LogP contribution in [0.15, 0.2) is 78.4 Å². The van der Waals surface area contributed by atoms with E-state index in [9.17, 15) is 14.7 Å². The molecular formula is C28H27NO4. The highest BCUT2D eigenvalue weighted by atomic mass is 16.5. The van der Waals surface area contributed by atoms with Crippen molar-refractivity contribution in [2.75, 3.05) is 4.90 Å². The molecule has 3 aromatic carbocycles. The summed E-state index contributed by atoms with van der Waals surface area (Å²) in [6.45, 7) is 7.68. The normalized spacial score (nSPS) is 17.6. The molecule has 3 aromatic rings. The van der Waals surface area contributed by atoms with Gasteiger partial charge in [0, 0.05) is 11.3 Å². The lowest BCUT2D eigenvalue weighted by molar-refractivity contribution is -0.132. The van der Waals surface area contributed by atoms with Gasteiger partial charge in [0.15, 0.2) is 0 Å². The standard InChI is InChI=1S/C28H27NO4/c1-17(2)33-22-12-8-11-21(16-22)26(30)24-25(20-9-6-5-7-10-20)29(28(32)27(24)31)23-15-18(3)13-14-19(23)4/h5-17,25,30H,1-4H3/b26-24+. The minimum absolute atomic E-state index is 0.0402. The quantitative estimate of drug-likeness (QED) is 0.313. The number of carbonyl (C=O) groups excluding carboxylic acids is 2. The maximum atomic E-state index is 13.3. The molecule has 1 unspecified atom stereocenters. The van der Waals surface area contributed by atoms with Crippen LogP contribution >= 0.6 is 0 Å². The van der Waals surface area contributed by atoms with Crippen molar-refractivity contribution in [3.8, 4) is 5.75 Å². The lowest BCUT2D eigenvalue weighted by Crippen LogP contribution is -2.30. The molecule has 5 heteroatoms. The summed E-state index contributed by atoms with van der Waals surface area (Å²) in [5, 5.41) is 11.3. The highest BCUT2D eigenvalue weighted by Crippen LogP contribution is 2.43. The second-order valence-corrected chi connectivity index (χ2v) is 8.56. The van der Waals surface area contributed by atoms with Crippen LogP contribution in [0.25, 0.3) is 5.76 Å². The number of aliphatic hydroxyl groups is 1. The zero-order valence-electron chi connectivity index (χ0n) is 19.2. The van der Waals surface area contributed by atoms with E-state index in [1.165, 1.54) is 4.90 Å². The maximum absolute atomic E-state index is 13.3. The number of rotatable bonds is 5. The van der Waals surface area contributed by atoms with Gasteiger partial charge in [-0.15, -0.1) is 0 Å². The van der Waals surface area contributed by atoms with E-state index in [0.29, 0.717) is 17.0 Å². The Kier molecular flexibility index (Phi) is 6.05. The number of benzene rings is 3. The van der Waals surface area contributed by atoms with Gasteiger partial charge in [-0.3, -0.25) is 14.5 Å². The molecule has 168 valence electrons. The van der Waals surface area contributed by atoms with Crippen LogP contribution in [0, 0.1) is 13.8 Å². The third-order valence-corrected chi connectivity index (χ3v) is 5.66. The van der Waals surface area contributed by atoms with Gasteiger partial charge < -0.3 is 9.84 Å². The molecule has 1 amide bonds. The van der Waals surface area contributed by atoms with Crippen molar-refractivity contribution in [3.05, 3.63) is 101 Å². The Balaban J connectivity index is 1.93. The van der Waals surface area contributed by atoms with Crippen LogP contribution in [0.5, 0.6) is 5.75 Å². The van der Waals surface area contributed by atoms with Gasteiger partial charge in [0.05, 0.1) is 17.7 Å². The van der Waals surface area contributed by atoms with Gasteiger partial charge in [0.2, 0.25) is 0 Å². The fraction of sp³-hybridized carbons (Fsp3) is 0.214. The van der Waals surface area contributed by atoms with Crippen LogP contribution in [0.1, 0.15) is 42.1 Å². The van der Waals surface area contributed by atoms with Crippen LogP contribution in [-0.2, 0) is 9.59 Å². The number of ether oxygens (including phenoxy) is 1. The van der Waals surface area contributed by atoms with E-state index in [2.05, 4.69) is 0 Å². The largest absolute Gasteiger partial charge is 0.507 e. The van der Waals surface area contributed by atoms with Crippen molar-refractivity contribution in [1.82, 2.24) is 0 Å². The fourth-order valence-corrected chi connectivity index (χ4v) is 4.16. The lowest BCUT2D eigenvalue weighted by Gasteiger charge is -2.27. The van der Waals surface area contributed by atoms with E-state index in [4.69, 9.17) is 4.74 Å². The molecule has 0 radical (unpaired) electrons. The average molecular weight is 442 g/mol. The summed E-state index contributed by atoms with van der Waals surface area (Å²) in [5.74, 6) is -1.01. The molecule has 1 atom stereocenters. The first kappa shape index (κ1) is 22.3. The second kappa shape index (κ2) is 8.94. The smallest absolute Gasteiger partial charge is 0.300 e. The van der Waals surface area contributed by atoms with Crippen LogP contribution in [0.3, 0.4) is 0 Å². The van der Waals surface area contributed by atoms with Crippen molar-refractivity contribution in [2.24, 2.45) is 0 Å². The topological polar surface area (TPSA) is 66.8 Å². The van der Waals surface area contributed by atoms with Crippen molar-refractivity contribution in [1.29, 1.82) is 0 Å². The summed E-state index contributed by atoms with van der Waals surface area (Å²) in [7, 11) is 0. The molecule has 0 saturated carbocycles. The molecule has 0 bridgehead atoms. The van der Waals surface area contributed by atoms with Gasteiger partial charge in [-0.2, -0.15) is 0 Å². The summed E-state index contributed by atoms with van der Waals surface area (Å²) in [4.78, 5) is 28.1. The first-order valence-electron chi connectivity index (χ1n) is 11.0. The summed E-state index contributed by atoms with van der Waals surface area (Å²) >= 11 is 0. The molecule has 5 nitrogen and oxygen atoms in total. The zero-order valence-corrected chi connectivity index (χ0v) is 19.2. The number of Topliss-reactive ketones (excluding diaryl/α,β-unsaturated/α-hetero) is 1. The molecule has 0 aromatic heterocycles. The van der Waals surface area contributed by atoms with Gasteiger partial charge >= 0.3 is 0 Å². The summed E-state index contributed by atoms with van der Waals surface area (Å²) < 4.78 is 5.75. The second-order valence-electron chi connectivity index (χ2n) is 8.56. The van der Waals surface area contributed by atoms with E-state index < -0.39 is 17.7 Å². The van der Waals surface area contributed by atoms with E-state index in [0.717, 1.165) is 16.7 Å². The molecule has 1 aliphatic rings. The molecule has 4 rings (SSSR count). The van der Waals surface area contributed by atoms with E-state index in [1.54, 1.807) is 24.3 Å². The monoisotopic (exact) mass is 441 g/mol. The molecular weight excluding hydrogens is 414 g/mol. The molecule has 33 heavy (non-hydrogen) atoms. The third kappa shape index (κ3) is 4.27. The third-order valence-electron chi connectivity index (χ3n) is 5.66. The van der Waals surface area contributed by atoms with Crippen molar-refractivity contribution in [3.63, 3.8) is 0 Å². The molecule has 0 aliphatic carbocycles.